The van der Waals surface area contributed by atoms with Crippen LogP contribution in [0, 0.1) is 0 Å². The van der Waals surface area contributed by atoms with Gasteiger partial charge in [0, 0.05) is 24.7 Å². The van der Waals surface area contributed by atoms with Crippen LogP contribution < -0.4 is 19.5 Å². The first-order valence-corrected chi connectivity index (χ1v) is 11.2. The van der Waals surface area contributed by atoms with Gasteiger partial charge in [0.15, 0.2) is 11.5 Å². The van der Waals surface area contributed by atoms with Crippen LogP contribution in [0.1, 0.15) is 18.1 Å². The Bertz CT molecular complexity index is 1140. The van der Waals surface area contributed by atoms with Gasteiger partial charge in [-0.3, -0.25) is 19.3 Å². The Morgan fingerprint density at radius 3 is 2.85 bits per heavy atom. The lowest BCUT2D eigenvalue weighted by Gasteiger charge is -2.12. The molecule has 0 saturated carbocycles. The molecule has 4 rings (SSSR count). The number of nitrogens with one attached hydrogen (secondary N) is 1. The first-order chi connectivity index (χ1) is 16.0. The summed E-state index contributed by atoms with van der Waals surface area (Å²) in [6.45, 7) is 2.80. The average molecular weight is 467 g/mol. The summed E-state index contributed by atoms with van der Waals surface area (Å²) in [7, 11) is 0. The van der Waals surface area contributed by atoms with Gasteiger partial charge in [-0.25, -0.2) is 0 Å². The van der Waals surface area contributed by atoms with Gasteiger partial charge in [0.25, 0.3) is 11.1 Å². The summed E-state index contributed by atoms with van der Waals surface area (Å²) >= 11 is 0.868. The lowest BCUT2D eigenvalue weighted by molar-refractivity contribution is -0.123. The lowest BCUT2D eigenvalue weighted by Crippen LogP contribution is -2.36. The number of benzene rings is 2. The molecular formula is C24H22N2O6S. The molecule has 2 aliphatic heterocycles. The largest absolute Gasteiger partial charge is 0.493 e. The normalized spacial score (nSPS) is 16.2. The van der Waals surface area contributed by atoms with Gasteiger partial charge in [-0.1, -0.05) is 24.3 Å². The van der Waals surface area contributed by atoms with Crippen molar-refractivity contribution < 1.29 is 28.6 Å². The molecule has 2 aromatic carbocycles. The van der Waals surface area contributed by atoms with Gasteiger partial charge in [0.2, 0.25) is 12.7 Å². The minimum Gasteiger partial charge on any atom is -0.493 e. The van der Waals surface area contributed by atoms with E-state index in [0.717, 1.165) is 27.8 Å². The zero-order valence-electron chi connectivity index (χ0n) is 17.9. The van der Waals surface area contributed by atoms with Crippen LogP contribution in [-0.2, 0) is 9.59 Å². The van der Waals surface area contributed by atoms with Crippen molar-refractivity contribution in [3.63, 3.8) is 0 Å². The number of ether oxygens (including phenoxy) is 3. The van der Waals surface area contributed by atoms with E-state index in [1.807, 2.05) is 31.2 Å². The van der Waals surface area contributed by atoms with Crippen LogP contribution in [0.15, 0.2) is 53.4 Å². The second-order valence-electron chi connectivity index (χ2n) is 7.04. The van der Waals surface area contributed by atoms with E-state index in [-0.39, 0.29) is 31.0 Å². The average Bonchev–Trinajstić information content (AvgIpc) is 3.38. The van der Waals surface area contributed by atoms with Gasteiger partial charge in [-0.05, 0) is 54.6 Å². The molecular weight excluding hydrogens is 444 g/mol. The predicted molar refractivity (Wildman–Crippen MR) is 125 cm³/mol. The number of thioether (sulfide) groups is 1. The van der Waals surface area contributed by atoms with Crippen LogP contribution in [-0.4, -0.2) is 48.4 Å². The molecule has 0 bridgehead atoms. The SMILES string of the molecule is CCOc1ccccc1/C=C/C(=O)NCCN1C(=O)S/C(=C\c2ccc3c(c2)OCO3)C1=O. The van der Waals surface area contributed by atoms with Gasteiger partial charge >= 0.3 is 0 Å². The molecule has 2 heterocycles. The fourth-order valence-corrected chi connectivity index (χ4v) is 4.13. The van der Waals surface area contributed by atoms with Crippen molar-refractivity contribution >= 4 is 41.0 Å². The highest BCUT2D eigenvalue weighted by atomic mass is 32.2. The number of carbonyl (C=O) groups is 3. The third-order valence-electron chi connectivity index (χ3n) is 4.84. The van der Waals surface area contributed by atoms with Crippen LogP contribution in [0.2, 0.25) is 0 Å². The van der Waals surface area contributed by atoms with Gasteiger partial charge in [0.1, 0.15) is 5.75 Å². The summed E-state index contributed by atoms with van der Waals surface area (Å²) in [5.41, 5.74) is 1.52. The fraction of sp³-hybridized carbons (Fsp3) is 0.208. The van der Waals surface area contributed by atoms with E-state index < -0.39 is 5.91 Å². The van der Waals surface area contributed by atoms with Gasteiger partial charge in [0.05, 0.1) is 11.5 Å². The zero-order valence-corrected chi connectivity index (χ0v) is 18.7. The van der Waals surface area contributed by atoms with Crippen LogP contribution in [0.3, 0.4) is 0 Å². The number of hydrogen-bond acceptors (Lipinski definition) is 7. The number of imide groups is 1. The Kier molecular flexibility index (Phi) is 6.99. The zero-order chi connectivity index (χ0) is 23.2. The molecule has 9 heteroatoms. The summed E-state index contributed by atoms with van der Waals surface area (Å²) in [4.78, 5) is 38.6. The predicted octanol–water partition coefficient (Wildman–Crippen LogP) is 3.68. The quantitative estimate of drug-likeness (QED) is 0.593. The molecule has 1 N–H and O–H groups in total. The van der Waals surface area contributed by atoms with Gasteiger partial charge in [-0.2, -0.15) is 0 Å². The van der Waals surface area contributed by atoms with Crippen molar-refractivity contribution in [2.24, 2.45) is 0 Å². The highest BCUT2D eigenvalue weighted by Gasteiger charge is 2.34. The maximum absolute atomic E-state index is 12.7. The number of para-hydroxylation sites is 1. The molecule has 170 valence electrons. The minimum absolute atomic E-state index is 0.0816. The number of hydrogen-bond donors (Lipinski definition) is 1. The van der Waals surface area contributed by atoms with Crippen molar-refractivity contribution in [1.82, 2.24) is 10.2 Å². The molecule has 8 nitrogen and oxygen atoms in total. The van der Waals surface area contributed by atoms with Crippen molar-refractivity contribution in [3.8, 4) is 17.2 Å². The van der Waals surface area contributed by atoms with Gasteiger partial charge < -0.3 is 19.5 Å². The monoisotopic (exact) mass is 466 g/mol. The summed E-state index contributed by atoms with van der Waals surface area (Å²) in [5, 5.41) is 2.32. The van der Waals surface area contributed by atoms with Crippen LogP contribution in [0.5, 0.6) is 17.2 Å². The van der Waals surface area contributed by atoms with Crippen molar-refractivity contribution in [1.29, 1.82) is 0 Å². The standard InChI is InChI=1S/C24H22N2O6S/c1-2-30-18-6-4-3-5-17(18)8-10-22(27)25-11-12-26-23(28)21(33-24(26)29)14-16-7-9-19-20(13-16)32-15-31-19/h3-10,13-14H,2,11-12,15H2,1H3,(H,25,27)/b10-8+,21-14-. The molecule has 1 saturated heterocycles. The van der Waals surface area contributed by atoms with E-state index in [2.05, 4.69) is 5.32 Å². The topological polar surface area (TPSA) is 94.2 Å². The summed E-state index contributed by atoms with van der Waals surface area (Å²) in [6.07, 6.45) is 4.70. The number of amides is 3. The molecule has 0 aromatic heterocycles. The molecule has 0 aliphatic carbocycles. The Labute approximate surface area is 195 Å². The van der Waals surface area contributed by atoms with Crippen molar-refractivity contribution in [3.05, 3.63) is 64.6 Å². The Morgan fingerprint density at radius 1 is 1.18 bits per heavy atom. The first kappa shape index (κ1) is 22.5. The molecule has 0 atom stereocenters. The maximum Gasteiger partial charge on any atom is 0.293 e. The molecule has 1 fully saturated rings. The molecule has 0 spiro atoms. The number of rotatable bonds is 8. The third-order valence-corrected chi connectivity index (χ3v) is 5.74. The maximum atomic E-state index is 12.7. The first-order valence-electron chi connectivity index (χ1n) is 10.4. The lowest BCUT2D eigenvalue weighted by atomic mass is 10.2. The van der Waals surface area contributed by atoms with Crippen LogP contribution in [0.25, 0.3) is 12.2 Å². The fourth-order valence-electron chi connectivity index (χ4n) is 3.27. The Morgan fingerprint density at radius 2 is 2.00 bits per heavy atom. The van der Waals surface area contributed by atoms with E-state index in [1.165, 1.54) is 6.08 Å². The van der Waals surface area contributed by atoms with Crippen molar-refractivity contribution in [2.45, 2.75) is 6.92 Å². The molecule has 2 aliphatic rings. The Hall–Kier alpha value is -3.72. The molecule has 3 amide bonds. The highest BCUT2D eigenvalue weighted by molar-refractivity contribution is 8.18. The molecule has 0 radical (unpaired) electrons. The number of nitrogens with zero attached hydrogens (tertiary/aromatic N) is 1. The number of carbonyl (C=O) groups excluding carboxylic acids is 3. The number of fused-ring (bicyclic) bond motifs is 1. The summed E-state index contributed by atoms with van der Waals surface area (Å²) in [6, 6.07) is 12.7. The van der Waals surface area contributed by atoms with E-state index in [4.69, 9.17) is 14.2 Å². The smallest absolute Gasteiger partial charge is 0.293 e. The summed E-state index contributed by atoms with van der Waals surface area (Å²) < 4.78 is 16.2. The van der Waals surface area contributed by atoms with Gasteiger partial charge in [-0.15, -0.1) is 0 Å². The second-order valence-corrected chi connectivity index (χ2v) is 8.03. The Balaban J connectivity index is 1.31. The van der Waals surface area contributed by atoms with E-state index in [1.54, 1.807) is 30.4 Å². The van der Waals surface area contributed by atoms with E-state index in [9.17, 15) is 14.4 Å². The van der Waals surface area contributed by atoms with Crippen LogP contribution in [0.4, 0.5) is 4.79 Å². The summed E-state index contributed by atoms with van der Waals surface area (Å²) in [5.74, 6) is 1.22. The molecule has 33 heavy (non-hydrogen) atoms. The highest BCUT2D eigenvalue weighted by Crippen LogP contribution is 2.36. The minimum atomic E-state index is -0.391. The van der Waals surface area contributed by atoms with Crippen LogP contribution >= 0.6 is 11.8 Å². The molecule has 0 unspecified atom stereocenters. The van der Waals surface area contributed by atoms with E-state index >= 15 is 0 Å². The van der Waals surface area contributed by atoms with Crippen molar-refractivity contribution in [2.75, 3.05) is 26.5 Å². The third kappa shape index (κ3) is 5.38. The second kappa shape index (κ2) is 10.3. The molecule has 2 aromatic rings. The van der Waals surface area contributed by atoms with E-state index in [0.29, 0.717) is 28.8 Å².